The Labute approximate surface area is 114 Å². The molecule has 2 aromatic rings. The van der Waals surface area contributed by atoms with E-state index in [2.05, 4.69) is 35.9 Å². The molecule has 2 heterocycles. The molecule has 0 bridgehead atoms. The molecule has 92 valence electrons. The van der Waals surface area contributed by atoms with Crippen molar-refractivity contribution in [1.29, 1.82) is 0 Å². The average molecular weight is 265 g/mol. The minimum Gasteiger partial charge on any atom is -0.472 e. The Hall–Kier alpha value is -1.87. The molecule has 2 radical (unpaired) electrons. The van der Waals surface area contributed by atoms with Crippen molar-refractivity contribution in [2.24, 2.45) is 4.99 Å². The Morgan fingerprint density at radius 3 is 2.89 bits per heavy atom. The molecule has 2 aliphatic rings. The molecule has 19 heavy (non-hydrogen) atoms. The first kappa shape index (κ1) is 11.0. The molecule has 2 aliphatic heterocycles. The van der Waals surface area contributed by atoms with Crippen LogP contribution in [0, 0.1) is 6.61 Å². The molecule has 0 saturated heterocycles. The summed E-state index contributed by atoms with van der Waals surface area (Å²) >= 11 is 0. The fourth-order valence-electron chi connectivity index (χ4n) is 2.31. The van der Waals surface area contributed by atoms with Crippen LogP contribution in [0.5, 0.6) is 5.75 Å². The maximum absolute atomic E-state index is 5.62. The van der Waals surface area contributed by atoms with E-state index in [4.69, 9.17) is 4.74 Å². The van der Waals surface area contributed by atoms with Crippen LogP contribution in [0.15, 0.2) is 58.4 Å². The van der Waals surface area contributed by atoms with E-state index in [1.54, 1.807) is 0 Å². The Morgan fingerprint density at radius 1 is 1.05 bits per heavy atom. The number of fused-ring (bicyclic) bond motifs is 2. The molecule has 0 amide bonds. The van der Waals surface area contributed by atoms with Gasteiger partial charge in [-0.15, -0.1) is 10.5 Å². The van der Waals surface area contributed by atoms with E-state index >= 15 is 0 Å². The van der Waals surface area contributed by atoms with Crippen molar-refractivity contribution in [3.63, 3.8) is 0 Å². The lowest BCUT2D eigenvalue weighted by Gasteiger charge is -2.19. The van der Waals surface area contributed by atoms with Crippen molar-refractivity contribution in [3.8, 4) is 5.75 Å². The molecular weight excluding hydrogens is 254 g/mol. The molecule has 0 spiro atoms. The first-order valence-corrected chi connectivity index (χ1v) is 7.43. The van der Waals surface area contributed by atoms with Crippen molar-refractivity contribution < 1.29 is 4.74 Å². The summed E-state index contributed by atoms with van der Waals surface area (Å²) in [5.41, 5.74) is 4.31. The molecule has 0 aliphatic carbocycles. The fraction of sp³-hybridized carbons (Fsp3) is 0.0625. The topological polar surface area (TPSA) is 21.6 Å². The third kappa shape index (κ3) is 1.81. The van der Waals surface area contributed by atoms with Gasteiger partial charge in [0.25, 0.3) is 0 Å². The van der Waals surface area contributed by atoms with Crippen molar-refractivity contribution in [2.45, 2.75) is 11.3 Å². The lowest BCUT2D eigenvalue weighted by molar-refractivity contribution is 0.432. The predicted octanol–water partition coefficient (Wildman–Crippen LogP) is 3.83. The van der Waals surface area contributed by atoms with Gasteiger partial charge in [0, 0.05) is 16.2 Å². The molecular formula is C16H11NOS. The van der Waals surface area contributed by atoms with Crippen LogP contribution in [0.4, 0.5) is 5.69 Å². The lowest BCUT2D eigenvalue weighted by Crippen LogP contribution is -2.15. The highest BCUT2D eigenvalue weighted by atomic mass is 32.2. The highest BCUT2D eigenvalue weighted by molar-refractivity contribution is 8.27. The largest absolute Gasteiger partial charge is 0.472 e. The van der Waals surface area contributed by atoms with Gasteiger partial charge in [-0.05, 0) is 23.8 Å². The minimum absolute atomic E-state index is 0.107. The minimum atomic E-state index is -0.107. The number of aliphatic imine (C=N–C) groups is 1. The number of rotatable bonds is 0. The van der Waals surface area contributed by atoms with Crippen LogP contribution in [-0.4, -0.2) is 10.4 Å². The summed E-state index contributed by atoms with van der Waals surface area (Å²) in [6.07, 6.45) is 0.889. The van der Waals surface area contributed by atoms with Crippen LogP contribution >= 0.6 is 10.5 Å². The molecule has 0 fully saturated rings. The number of hydrogen-bond donors (Lipinski definition) is 0. The van der Waals surface area contributed by atoms with E-state index in [-0.39, 0.29) is 10.5 Å². The molecule has 3 heteroatoms. The van der Waals surface area contributed by atoms with Gasteiger partial charge < -0.3 is 4.74 Å². The normalized spacial score (nSPS) is 21.7. The van der Waals surface area contributed by atoms with Crippen molar-refractivity contribution in [1.82, 2.24) is 0 Å². The summed E-state index contributed by atoms with van der Waals surface area (Å²) in [7, 11) is -0.107. The van der Waals surface area contributed by atoms with Crippen molar-refractivity contribution in [2.75, 3.05) is 0 Å². The second-order valence-corrected chi connectivity index (χ2v) is 6.27. The van der Waals surface area contributed by atoms with Crippen molar-refractivity contribution >= 4 is 26.6 Å². The average Bonchev–Trinajstić information content (AvgIpc) is 2.91. The predicted molar refractivity (Wildman–Crippen MR) is 79.5 cm³/mol. The van der Waals surface area contributed by atoms with Gasteiger partial charge in [0.05, 0.1) is 11.2 Å². The van der Waals surface area contributed by atoms with Crippen LogP contribution in [0.2, 0.25) is 0 Å². The van der Waals surface area contributed by atoms with Crippen LogP contribution in [0.25, 0.3) is 0 Å². The first-order chi connectivity index (χ1) is 9.42. The van der Waals surface area contributed by atoms with Gasteiger partial charge in [0.2, 0.25) is 6.61 Å². The summed E-state index contributed by atoms with van der Waals surface area (Å²) in [6.45, 7) is 3.10. The summed E-state index contributed by atoms with van der Waals surface area (Å²) in [5, 5.41) is 0. The highest BCUT2D eigenvalue weighted by Gasteiger charge is 2.21. The quantitative estimate of drug-likeness (QED) is 0.663. The smallest absolute Gasteiger partial charge is 0.233 e. The Bertz CT molecular complexity index is 718. The van der Waals surface area contributed by atoms with Crippen molar-refractivity contribution in [3.05, 3.63) is 60.7 Å². The van der Waals surface area contributed by atoms with E-state index in [0.717, 1.165) is 17.9 Å². The zero-order valence-corrected chi connectivity index (χ0v) is 11.0. The van der Waals surface area contributed by atoms with Gasteiger partial charge >= 0.3 is 0 Å². The third-order valence-electron chi connectivity index (χ3n) is 3.26. The number of benzene rings is 2. The molecule has 0 N–H and O–H groups in total. The Balaban J connectivity index is 1.80. The van der Waals surface area contributed by atoms with Crippen LogP contribution in [0.1, 0.15) is 5.56 Å². The van der Waals surface area contributed by atoms with E-state index in [9.17, 15) is 0 Å². The number of para-hydroxylation sites is 2. The molecule has 1 unspecified atom stereocenters. The summed E-state index contributed by atoms with van der Waals surface area (Å²) in [6, 6.07) is 16.4. The van der Waals surface area contributed by atoms with Gasteiger partial charge in [-0.1, -0.05) is 30.3 Å². The zero-order valence-electron chi connectivity index (χ0n) is 10.2. The van der Waals surface area contributed by atoms with E-state index in [1.807, 2.05) is 29.8 Å². The summed E-state index contributed by atoms with van der Waals surface area (Å²) in [4.78, 5) is 6.93. The monoisotopic (exact) mass is 265 g/mol. The second kappa shape index (κ2) is 4.35. The number of ether oxygens (including phenoxy) is 1. The lowest BCUT2D eigenvalue weighted by atomic mass is 10.1. The standard InChI is InChI=1S/C16H11NOS/c1-3-7-15-12(5-1)9-13(10-18-15)19-11-17-14-6-2-4-8-16(14)19/h1-8,11H,9H2. The maximum Gasteiger partial charge on any atom is 0.233 e. The SMILES string of the molecule is [C]1Oc2ccccc2CC1=S1C=Nc2ccccc21. The van der Waals surface area contributed by atoms with Gasteiger partial charge in [0.1, 0.15) is 5.75 Å². The molecule has 1 atom stereocenters. The van der Waals surface area contributed by atoms with Gasteiger partial charge in [-0.25, -0.2) is 4.99 Å². The van der Waals surface area contributed by atoms with Crippen LogP contribution < -0.4 is 4.74 Å². The van der Waals surface area contributed by atoms with Gasteiger partial charge in [-0.3, -0.25) is 0 Å². The van der Waals surface area contributed by atoms with Gasteiger partial charge in [-0.2, -0.15) is 0 Å². The maximum atomic E-state index is 5.62. The summed E-state index contributed by atoms with van der Waals surface area (Å²) < 4.78 is 5.62. The van der Waals surface area contributed by atoms with Crippen LogP contribution in [-0.2, 0) is 6.42 Å². The fourth-order valence-corrected chi connectivity index (χ4v) is 4.04. The molecule has 0 aromatic heterocycles. The molecule has 0 saturated carbocycles. The number of nitrogens with zero attached hydrogens (tertiary/aromatic N) is 1. The van der Waals surface area contributed by atoms with Gasteiger partial charge in [0.15, 0.2) is 0 Å². The van der Waals surface area contributed by atoms with E-state index < -0.39 is 0 Å². The van der Waals surface area contributed by atoms with E-state index in [1.165, 1.54) is 15.3 Å². The Kier molecular flexibility index (Phi) is 2.52. The first-order valence-electron chi connectivity index (χ1n) is 6.15. The summed E-state index contributed by atoms with van der Waals surface area (Å²) in [5.74, 6) is 0.916. The highest BCUT2D eigenvalue weighted by Crippen LogP contribution is 2.42. The molecule has 2 aromatic carbocycles. The molecule has 4 rings (SSSR count). The molecule has 2 nitrogen and oxygen atoms in total. The Morgan fingerprint density at radius 2 is 1.89 bits per heavy atom. The second-order valence-electron chi connectivity index (χ2n) is 4.45. The number of hydrogen-bond acceptors (Lipinski definition) is 2. The zero-order chi connectivity index (χ0) is 12.7. The van der Waals surface area contributed by atoms with E-state index in [0.29, 0.717) is 0 Å². The third-order valence-corrected chi connectivity index (χ3v) is 5.16. The van der Waals surface area contributed by atoms with Crippen LogP contribution in [0.3, 0.4) is 0 Å².